The largest absolute Gasteiger partial charge is 0.497 e. The Bertz CT molecular complexity index is 665. The molecule has 0 unspecified atom stereocenters. The Kier molecular flexibility index (Phi) is 7.36. The van der Waals surface area contributed by atoms with Gasteiger partial charge in [-0.3, -0.25) is 0 Å². The van der Waals surface area contributed by atoms with Crippen molar-refractivity contribution in [2.45, 2.75) is 25.8 Å². The van der Waals surface area contributed by atoms with Crippen LogP contribution in [0.15, 0.2) is 41.4 Å². The highest BCUT2D eigenvalue weighted by molar-refractivity contribution is 14.0. The standard InChI is InChI=1S/C18H23N3OS.HI/c1-22-15-7-5-14(6-8-15)17-10-9-16(23-17)12-21-18(19)20-11-13-3-2-4-13;/h5-10,13H,2-4,11-12H2,1H3,(H3,19,20,21);1H. The van der Waals surface area contributed by atoms with Crippen LogP contribution in [0.3, 0.4) is 0 Å². The van der Waals surface area contributed by atoms with Crippen LogP contribution in [0.25, 0.3) is 10.4 Å². The van der Waals surface area contributed by atoms with E-state index in [2.05, 4.69) is 34.6 Å². The average Bonchev–Trinajstić information content (AvgIpc) is 3.00. The number of nitrogens with zero attached hydrogens (tertiary/aromatic N) is 1. The average molecular weight is 457 g/mol. The van der Waals surface area contributed by atoms with E-state index in [9.17, 15) is 0 Å². The molecule has 1 saturated carbocycles. The van der Waals surface area contributed by atoms with Gasteiger partial charge in [-0.25, -0.2) is 4.99 Å². The number of nitrogens with two attached hydrogens (primary N) is 1. The molecule has 1 aromatic carbocycles. The fourth-order valence-corrected chi connectivity index (χ4v) is 3.48. The number of hydrogen-bond donors (Lipinski definition) is 2. The first-order valence-corrected chi connectivity index (χ1v) is 8.83. The van der Waals surface area contributed by atoms with E-state index in [4.69, 9.17) is 10.5 Å². The van der Waals surface area contributed by atoms with Crippen molar-refractivity contribution < 1.29 is 4.74 Å². The number of thiophene rings is 1. The van der Waals surface area contributed by atoms with Crippen molar-refractivity contribution in [3.8, 4) is 16.2 Å². The molecule has 0 saturated heterocycles. The van der Waals surface area contributed by atoms with Crippen molar-refractivity contribution in [2.75, 3.05) is 13.7 Å². The predicted octanol–water partition coefficient (Wildman–Crippen LogP) is 4.25. The van der Waals surface area contributed by atoms with Gasteiger partial charge in [0.15, 0.2) is 5.96 Å². The molecular weight excluding hydrogens is 433 g/mol. The Morgan fingerprint density at radius 3 is 2.62 bits per heavy atom. The molecule has 24 heavy (non-hydrogen) atoms. The molecule has 0 amide bonds. The second-order valence-electron chi connectivity index (χ2n) is 5.87. The summed E-state index contributed by atoms with van der Waals surface area (Å²) in [5.74, 6) is 2.21. The number of methoxy groups -OCH3 is 1. The molecule has 0 aliphatic heterocycles. The number of rotatable bonds is 6. The normalized spacial score (nSPS) is 14.6. The first-order valence-electron chi connectivity index (χ1n) is 8.01. The molecule has 6 heteroatoms. The molecule has 0 radical (unpaired) electrons. The van der Waals surface area contributed by atoms with Crippen molar-refractivity contribution in [3.05, 3.63) is 41.3 Å². The van der Waals surface area contributed by atoms with Gasteiger partial charge in [0.2, 0.25) is 0 Å². The second kappa shape index (κ2) is 9.27. The van der Waals surface area contributed by atoms with Gasteiger partial charge >= 0.3 is 0 Å². The lowest BCUT2D eigenvalue weighted by Gasteiger charge is -2.25. The summed E-state index contributed by atoms with van der Waals surface area (Å²) in [4.78, 5) is 6.88. The summed E-state index contributed by atoms with van der Waals surface area (Å²) in [5.41, 5.74) is 7.12. The van der Waals surface area contributed by atoms with Gasteiger partial charge in [-0.05, 0) is 60.7 Å². The Morgan fingerprint density at radius 2 is 2.00 bits per heavy atom. The maximum atomic E-state index is 5.93. The van der Waals surface area contributed by atoms with Gasteiger partial charge in [0, 0.05) is 16.3 Å². The van der Waals surface area contributed by atoms with Crippen LogP contribution < -0.4 is 15.8 Å². The van der Waals surface area contributed by atoms with E-state index in [0.717, 1.165) is 18.2 Å². The molecule has 3 N–H and O–H groups in total. The van der Waals surface area contributed by atoms with Crippen LogP contribution in [0, 0.1) is 5.92 Å². The lowest BCUT2D eigenvalue weighted by molar-refractivity contribution is 0.315. The van der Waals surface area contributed by atoms with Gasteiger partial charge in [0.25, 0.3) is 0 Å². The molecule has 0 atom stereocenters. The highest BCUT2D eigenvalue weighted by Gasteiger charge is 2.16. The monoisotopic (exact) mass is 457 g/mol. The quantitative estimate of drug-likeness (QED) is 0.388. The van der Waals surface area contributed by atoms with E-state index in [1.807, 2.05) is 12.1 Å². The zero-order chi connectivity index (χ0) is 16.1. The third-order valence-electron chi connectivity index (χ3n) is 4.24. The topological polar surface area (TPSA) is 59.6 Å². The SMILES string of the molecule is COc1ccc(-c2ccc(CN=C(N)NCC3CCC3)s2)cc1.I. The minimum atomic E-state index is 0. The fraction of sp³-hybridized carbons (Fsp3) is 0.389. The van der Waals surface area contributed by atoms with Gasteiger partial charge in [0.05, 0.1) is 13.7 Å². The number of hydrogen-bond acceptors (Lipinski definition) is 3. The van der Waals surface area contributed by atoms with Gasteiger partial charge in [-0.15, -0.1) is 35.3 Å². The summed E-state index contributed by atoms with van der Waals surface area (Å²) in [6.45, 7) is 1.58. The molecule has 130 valence electrons. The molecule has 0 spiro atoms. The van der Waals surface area contributed by atoms with E-state index in [0.29, 0.717) is 12.5 Å². The highest BCUT2D eigenvalue weighted by atomic mass is 127. The first-order chi connectivity index (χ1) is 11.2. The predicted molar refractivity (Wildman–Crippen MR) is 112 cm³/mol. The number of halogens is 1. The lowest BCUT2D eigenvalue weighted by Crippen LogP contribution is -2.37. The Morgan fingerprint density at radius 1 is 1.25 bits per heavy atom. The molecule has 3 rings (SSSR count). The van der Waals surface area contributed by atoms with Crippen molar-refractivity contribution in [2.24, 2.45) is 16.6 Å². The van der Waals surface area contributed by atoms with Crippen LogP contribution >= 0.6 is 35.3 Å². The lowest BCUT2D eigenvalue weighted by atomic mass is 9.85. The number of ether oxygens (including phenoxy) is 1. The highest BCUT2D eigenvalue weighted by Crippen LogP contribution is 2.29. The van der Waals surface area contributed by atoms with Crippen molar-refractivity contribution in [3.63, 3.8) is 0 Å². The minimum Gasteiger partial charge on any atom is -0.497 e. The zero-order valence-electron chi connectivity index (χ0n) is 13.8. The maximum absolute atomic E-state index is 5.93. The Hall–Kier alpha value is -1.28. The molecule has 1 aliphatic rings. The van der Waals surface area contributed by atoms with Gasteiger partial charge < -0.3 is 15.8 Å². The summed E-state index contributed by atoms with van der Waals surface area (Å²) >= 11 is 1.75. The molecule has 0 bridgehead atoms. The summed E-state index contributed by atoms with van der Waals surface area (Å²) in [6, 6.07) is 12.4. The van der Waals surface area contributed by atoms with Crippen LogP contribution in [-0.2, 0) is 6.54 Å². The Balaban J connectivity index is 0.00000208. The summed E-state index contributed by atoms with van der Waals surface area (Å²) in [6.07, 6.45) is 3.99. The number of nitrogens with one attached hydrogen (secondary N) is 1. The van der Waals surface area contributed by atoms with E-state index in [-0.39, 0.29) is 24.0 Å². The minimum absolute atomic E-state index is 0. The van der Waals surface area contributed by atoms with Crippen molar-refractivity contribution in [1.29, 1.82) is 0 Å². The third-order valence-corrected chi connectivity index (χ3v) is 5.36. The van der Waals surface area contributed by atoms with E-state index < -0.39 is 0 Å². The third kappa shape index (κ3) is 5.11. The van der Waals surface area contributed by atoms with Crippen molar-refractivity contribution in [1.82, 2.24) is 5.32 Å². The van der Waals surface area contributed by atoms with E-state index in [1.54, 1.807) is 18.4 Å². The van der Waals surface area contributed by atoms with E-state index in [1.165, 1.54) is 34.6 Å². The molecule has 2 aromatic rings. The van der Waals surface area contributed by atoms with Gasteiger partial charge in [-0.2, -0.15) is 0 Å². The maximum Gasteiger partial charge on any atom is 0.188 e. The van der Waals surface area contributed by atoms with Crippen LogP contribution in [-0.4, -0.2) is 19.6 Å². The van der Waals surface area contributed by atoms with Gasteiger partial charge in [-0.1, -0.05) is 6.42 Å². The molecule has 1 heterocycles. The fourth-order valence-electron chi connectivity index (χ4n) is 2.54. The van der Waals surface area contributed by atoms with Crippen molar-refractivity contribution >= 4 is 41.3 Å². The summed E-state index contributed by atoms with van der Waals surface area (Å²) < 4.78 is 5.19. The Labute approximate surface area is 164 Å². The van der Waals surface area contributed by atoms with Gasteiger partial charge in [0.1, 0.15) is 5.75 Å². The number of guanidine groups is 1. The van der Waals surface area contributed by atoms with Crippen LogP contribution in [0.4, 0.5) is 0 Å². The van der Waals surface area contributed by atoms with Crippen LogP contribution in [0.5, 0.6) is 5.75 Å². The molecular formula is C18H24IN3OS. The van der Waals surface area contributed by atoms with Crippen LogP contribution in [0.1, 0.15) is 24.1 Å². The smallest absolute Gasteiger partial charge is 0.188 e. The van der Waals surface area contributed by atoms with Crippen LogP contribution in [0.2, 0.25) is 0 Å². The van der Waals surface area contributed by atoms with E-state index >= 15 is 0 Å². The zero-order valence-corrected chi connectivity index (χ0v) is 17.0. The second-order valence-corrected chi connectivity index (χ2v) is 7.04. The molecule has 1 aromatic heterocycles. The number of aliphatic imine (C=N–C) groups is 1. The molecule has 1 aliphatic carbocycles. The number of benzene rings is 1. The molecule has 1 fully saturated rings. The molecule has 4 nitrogen and oxygen atoms in total. The summed E-state index contributed by atoms with van der Waals surface area (Å²) in [7, 11) is 1.68. The first kappa shape index (κ1) is 19.1. The summed E-state index contributed by atoms with van der Waals surface area (Å²) in [5, 5.41) is 3.22.